The van der Waals surface area contributed by atoms with Crippen molar-refractivity contribution in [1.29, 1.82) is 0 Å². The minimum atomic E-state index is -0.644. The zero-order valence-electron chi connectivity index (χ0n) is 12.3. The van der Waals surface area contributed by atoms with E-state index in [-0.39, 0.29) is 18.0 Å². The van der Waals surface area contributed by atoms with E-state index in [9.17, 15) is 14.0 Å². The average molecular weight is 302 g/mol. The smallest absolute Gasteiger partial charge is 0.338 e. The molecule has 0 aromatic heterocycles. The van der Waals surface area contributed by atoms with E-state index in [1.54, 1.807) is 18.2 Å². The van der Waals surface area contributed by atoms with Gasteiger partial charge in [-0.15, -0.1) is 0 Å². The van der Waals surface area contributed by atoms with Gasteiger partial charge in [0.05, 0.1) is 12.7 Å². The molecule has 0 aliphatic rings. The second kappa shape index (κ2) is 6.85. The number of Topliss-reactive ketones (excluding diaryl/α,β-unsaturated/α-hetero) is 1. The van der Waals surface area contributed by atoms with Gasteiger partial charge >= 0.3 is 5.97 Å². The number of ether oxygens (including phenoxy) is 2. The second-order valence-corrected chi connectivity index (χ2v) is 4.67. The molecule has 0 aliphatic carbocycles. The Labute approximate surface area is 127 Å². The third kappa shape index (κ3) is 3.69. The summed E-state index contributed by atoms with van der Waals surface area (Å²) in [7, 11) is 1.49. The van der Waals surface area contributed by atoms with Crippen LogP contribution in [0.5, 0.6) is 5.75 Å². The molecule has 0 spiro atoms. The topological polar surface area (TPSA) is 52.6 Å². The first-order valence-electron chi connectivity index (χ1n) is 6.62. The summed E-state index contributed by atoms with van der Waals surface area (Å²) in [5.74, 6) is -0.738. The number of ketones is 1. The van der Waals surface area contributed by atoms with Crippen LogP contribution in [-0.4, -0.2) is 18.9 Å². The van der Waals surface area contributed by atoms with E-state index in [1.165, 1.54) is 32.2 Å². The molecule has 0 aliphatic heterocycles. The first-order chi connectivity index (χ1) is 10.5. The fourth-order valence-corrected chi connectivity index (χ4v) is 1.95. The Morgan fingerprint density at radius 3 is 2.50 bits per heavy atom. The highest BCUT2D eigenvalue weighted by Gasteiger charge is 2.12. The summed E-state index contributed by atoms with van der Waals surface area (Å²) in [5.41, 5.74) is 1.19. The summed E-state index contributed by atoms with van der Waals surface area (Å²) in [6, 6.07) is 10.1. The lowest BCUT2D eigenvalue weighted by atomic mass is 10.1. The van der Waals surface area contributed by atoms with Gasteiger partial charge in [0.15, 0.2) is 5.78 Å². The highest BCUT2D eigenvalue weighted by Crippen LogP contribution is 2.21. The SMILES string of the molecule is COc1ccc(C(C)=O)cc1COC(=O)c1cccc(F)c1. The summed E-state index contributed by atoms with van der Waals surface area (Å²) in [5, 5.41) is 0. The van der Waals surface area contributed by atoms with E-state index in [2.05, 4.69) is 0 Å². The van der Waals surface area contributed by atoms with Crippen LogP contribution in [-0.2, 0) is 11.3 Å². The van der Waals surface area contributed by atoms with Crippen LogP contribution in [0.15, 0.2) is 42.5 Å². The molecule has 0 fully saturated rings. The van der Waals surface area contributed by atoms with E-state index in [0.717, 1.165) is 6.07 Å². The molecule has 5 heteroatoms. The van der Waals surface area contributed by atoms with Crippen LogP contribution in [0.3, 0.4) is 0 Å². The van der Waals surface area contributed by atoms with Crippen molar-refractivity contribution < 1.29 is 23.5 Å². The first-order valence-corrected chi connectivity index (χ1v) is 6.62. The van der Waals surface area contributed by atoms with Gasteiger partial charge < -0.3 is 9.47 Å². The van der Waals surface area contributed by atoms with Crippen molar-refractivity contribution in [2.45, 2.75) is 13.5 Å². The van der Waals surface area contributed by atoms with Gasteiger partial charge in [-0.05, 0) is 43.3 Å². The van der Waals surface area contributed by atoms with Crippen molar-refractivity contribution in [3.05, 3.63) is 65.0 Å². The Balaban J connectivity index is 2.15. The van der Waals surface area contributed by atoms with E-state index >= 15 is 0 Å². The van der Waals surface area contributed by atoms with Gasteiger partial charge in [-0.3, -0.25) is 4.79 Å². The zero-order chi connectivity index (χ0) is 16.1. The molecule has 0 amide bonds. The maximum atomic E-state index is 13.1. The number of methoxy groups -OCH3 is 1. The number of rotatable bonds is 5. The molecule has 0 saturated carbocycles. The van der Waals surface area contributed by atoms with E-state index in [1.807, 2.05) is 0 Å². The van der Waals surface area contributed by atoms with Crippen LogP contribution in [0.4, 0.5) is 4.39 Å². The van der Waals surface area contributed by atoms with Crippen molar-refractivity contribution in [3.8, 4) is 5.75 Å². The van der Waals surface area contributed by atoms with Crippen molar-refractivity contribution in [1.82, 2.24) is 0 Å². The Morgan fingerprint density at radius 1 is 1.09 bits per heavy atom. The summed E-state index contributed by atoms with van der Waals surface area (Å²) in [6.45, 7) is 1.38. The monoisotopic (exact) mass is 302 g/mol. The summed E-state index contributed by atoms with van der Waals surface area (Å²) in [4.78, 5) is 23.3. The van der Waals surface area contributed by atoms with E-state index in [0.29, 0.717) is 16.9 Å². The second-order valence-electron chi connectivity index (χ2n) is 4.67. The number of esters is 1. The fourth-order valence-electron chi connectivity index (χ4n) is 1.95. The van der Waals surface area contributed by atoms with E-state index in [4.69, 9.17) is 9.47 Å². The molecule has 114 valence electrons. The van der Waals surface area contributed by atoms with Crippen LogP contribution in [0, 0.1) is 5.82 Å². The fraction of sp³-hybridized carbons (Fsp3) is 0.176. The van der Waals surface area contributed by atoms with Crippen molar-refractivity contribution in [2.24, 2.45) is 0 Å². The number of carbonyl (C=O) groups is 2. The predicted molar refractivity (Wildman–Crippen MR) is 78.5 cm³/mol. The van der Waals surface area contributed by atoms with Crippen LogP contribution >= 0.6 is 0 Å². The van der Waals surface area contributed by atoms with Gasteiger partial charge in [-0.1, -0.05) is 6.07 Å². The summed E-state index contributed by atoms with van der Waals surface area (Å²) < 4.78 is 23.4. The minimum Gasteiger partial charge on any atom is -0.496 e. The van der Waals surface area contributed by atoms with Gasteiger partial charge in [-0.2, -0.15) is 0 Å². The largest absolute Gasteiger partial charge is 0.496 e. The number of benzene rings is 2. The molecule has 22 heavy (non-hydrogen) atoms. The lowest BCUT2D eigenvalue weighted by molar-refractivity contribution is 0.0469. The Kier molecular flexibility index (Phi) is 4.88. The van der Waals surface area contributed by atoms with Gasteiger partial charge in [0.1, 0.15) is 18.2 Å². The maximum Gasteiger partial charge on any atom is 0.338 e. The van der Waals surface area contributed by atoms with Crippen molar-refractivity contribution in [2.75, 3.05) is 7.11 Å². The quantitative estimate of drug-likeness (QED) is 0.627. The third-order valence-corrected chi connectivity index (χ3v) is 3.11. The molecule has 0 heterocycles. The van der Waals surface area contributed by atoms with Gasteiger partial charge in [-0.25, -0.2) is 9.18 Å². The normalized spacial score (nSPS) is 10.1. The van der Waals surface area contributed by atoms with Crippen molar-refractivity contribution >= 4 is 11.8 Å². The molecule has 2 aromatic carbocycles. The molecular formula is C17H15FO4. The molecule has 0 atom stereocenters. The highest BCUT2D eigenvalue weighted by molar-refractivity contribution is 5.94. The number of carbonyl (C=O) groups excluding carboxylic acids is 2. The van der Waals surface area contributed by atoms with Crippen LogP contribution in [0.2, 0.25) is 0 Å². The van der Waals surface area contributed by atoms with Gasteiger partial charge in [0, 0.05) is 11.1 Å². The Morgan fingerprint density at radius 2 is 1.86 bits per heavy atom. The lowest BCUT2D eigenvalue weighted by Crippen LogP contribution is -2.07. The van der Waals surface area contributed by atoms with Gasteiger partial charge in [0.25, 0.3) is 0 Å². The highest BCUT2D eigenvalue weighted by atomic mass is 19.1. The number of hydrogen-bond acceptors (Lipinski definition) is 4. The maximum absolute atomic E-state index is 13.1. The molecule has 2 rings (SSSR count). The minimum absolute atomic E-state index is 0.0698. The standard InChI is InChI=1S/C17H15FO4/c1-11(19)12-6-7-16(21-2)14(8-12)10-22-17(20)13-4-3-5-15(18)9-13/h3-9H,10H2,1-2H3. The zero-order valence-corrected chi connectivity index (χ0v) is 12.3. The lowest BCUT2D eigenvalue weighted by Gasteiger charge is -2.10. The molecule has 0 bridgehead atoms. The number of hydrogen-bond donors (Lipinski definition) is 0. The summed E-state index contributed by atoms with van der Waals surface area (Å²) >= 11 is 0. The first kappa shape index (κ1) is 15.7. The average Bonchev–Trinajstić information content (AvgIpc) is 2.52. The predicted octanol–water partition coefficient (Wildman–Crippen LogP) is 3.39. The molecule has 2 aromatic rings. The molecule has 0 saturated heterocycles. The van der Waals surface area contributed by atoms with Crippen LogP contribution in [0.25, 0.3) is 0 Å². The summed E-state index contributed by atoms with van der Waals surface area (Å²) in [6.07, 6.45) is 0. The van der Waals surface area contributed by atoms with Crippen LogP contribution in [0.1, 0.15) is 33.2 Å². The number of halogens is 1. The Bertz CT molecular complexity index is 710. The molecule has 0 radical (unpaired) electrons. The Hall–Kier alpha value is -2.69. The molecular weight excluding hydrogens is 287 g/mol. The van der Waals surface area contributed by atoms with Crippen LogP contribution < -0.4 is 4.74 Å². The third-order valence-electron chi connectivity index (χ3n) is 3.11. The molecule has 4 nitrogen and oxygen atoms in total. The molecule has 0 N–H and O–H groups in total. The van der Waals surface area contributed by atoms with Crippen molar-refractivity contribution in [3.63, 3.8) is 0 Å². The molecule has 0 unspecified atom stereocenters. The van der Waals surface area contributed by atoms with E-state index < -0.39 is 11.8 Å². The van der Waals surface area contributed by atoms with Gasteiger partial charge in [0.2, 0.25) is 0 Å².